The normalized spacial score (nSPS) is 11.5. The van der Waals surface area contributed by atoms with Crippen LogP contribution in [-0.2, 0) is 12.1 Å². The Hall–Kier alpha value is -5.33. The van der Waals surface area contributed by atoms with Crippen molar-refractivity contribution in [2.24, 2.45) is 0 Å². The van der Waals surface area contributed by atoms with Crippen molar-refractivity contribution in [1.29, 1.82) is 0 Å². The Balaban J connectivity index is 1.47. The van der Waals surface area contributed by atoms with Crippen LogP contribution >= 0.6 is 15.9 Å². The van der Waals surface area contributed by atoms with Gasteiger partial charge in [-0.05, 0) is 45.8 Å². The van der Waals surface area contributed by atoms with E-state index in [0.717, 1.165) is 37.7 Å². The van der Waals surface area contributed by atoms with Crippen LogP contribution in [0, 0.1) is 0 Å². The van der Waals surface area contributed by atoms with Crippen LogP contribution in [0.2, 0.25) is 0 Å². The third-order valence-corrected chi connectivity index (χ3v) is 9.29. The molecule has 6 heteroatoms. The van der Waals surface area contributed by atoms with Gasteiger partial charge < -0.3 is 4.57 Å². The Morgan fingerprint density at radius 1 is 0.723 bits per heavy atom. The molecule has 0 atom stereocenters. The second kappa shape index (κ2) is 12.8. The van der Waals surface area contributed by atoms with Crippen LogP contribution in [0.5, 0.6) is 0 Å². The standard InChI is InChI=1S/C41H32BrN3O2/c1-2-37(46)39-38(29-15-7-3-8-16-29)36-25-33(42)23-24-35(36)40(47)45(39)27-34-26-44(28-43-34)41(30-17-9-4-10-18-30,31-19-11-5-12-20-31)32-21-13-6-14-22-32/h3-26,28H,2,27H2,1H3. The highest BCUT2D eigenvalue weighted by atomic mass is 79.9. The van der Waals surface area contributed by atoms with Gasteiger partial charge in [0.15, 0.2) is 5.78 Å². The number of imidazole rings is 1. The lowest BCUT2D eigenvalue weighted by Gasteiger charge is -2.37. The van der Waals surface area contributed by atoms with E-state index in [1.807, 2.05) is 86.2 Å². The number of rotatable bonds is 9. The maximum Gasteiger partial charge on any atom is 0.259 e. The lowest BCUT2D eigenvalue weighted by molar-refractivity contribution is 0.0979. The largest absolute Gasteiger partial charge is 0.319 e. The average Bonchev–Trinajstić information content (AvgIpc) is 3.59. The summed E-state index contributed by atoms with van der Waals surface area (Å²) in [7, 11) is 0. The van der Waals surface area contributed by atoms with Gasteiger partial charge in [0.05, 0.1) is 24.3 Å². The van der Waals surface area contributed by atoms with E-state index in [1.54, 1.807) is 4.57 Å². The molecule has 0 fully saturated rings. The highest BCUT2D eigenvalue weighted by molar-refractivity contribution is 9.10. The van der Waals surface area contributed by atoms with Gasteiger partial charge in [-0.3, -0.25) is 14.2 Å². The molecule has 0 N–H and O–H groups in total. The van der Waals surface area contributed by atoms with Gasteiger partial charge in [0.2, 0.25) is 0 Å². The van der Waals surface area contributed by atoms with Gasteiger partial charge in [0.1, 0.15) is 5.54 Å². The molecular weight excluding hydrogens is 646 g/mol. The van der Waals surface area contributed by atoms with Crippen molar-refractivity contribution >= 4 is 32.5 Å². The number of nitrogens with zero attached hydrogens (tertiary/aromatic N) is 3. The van der Waals surface area contributed by atoms with E-state index in [9.17, 15) is 9.59 Å². The minimum absolute atomic E-state index is 0.102. The summed E-state index contributed by atoms with van der Waals surface area (Å²) in [6.07, 6.45) is 4.10. The van der Waals surface area contributed by atoms with Gasteiger partial charge in [-0.1, -0.05) is 144 Å². The Morgan fingerprint density at radius 3 is 1.79 bits per heavy atom. The lowest BCUT2D eigenvalue weighted by Crippen LogP contribution is -2.37. The molecule has 7 aromatic rings. The summed E-state index contributed by atoms with van der Waals surface area (Å²) in [5, 5.41) is 1.29. The average molecular weight is 679 g/mol. The lowest BCUT2D eigenvalue weighted by atomic mass is 9.77. The summed E-state index contributed by atoms with van der Waals surface area (Å²) in [5.41, 5.74) is 4.94. The van der Waals surface area contributed by atoms with Crippen molar-refractivity contribution in [2.45, 2.75) is 25.4 Å². The molecule has 0 aliphatic heterocycles. The molecule has 0 spiro atoms. The fourth-order valence-corrected chi connectivity index (χ4v) is 7.06. The second-order valence-corrected chi connectivity index (χ2v) is 12.4. The molecule has 0 aliphatic rings. The highest BCUT2D eigenvalue weighted by Crippen LogP contribution is 2.41. The fourth-order valence-electron chi connectivity index (χ4n) is 6.70. The molecule has 0 aliphatic carbocycles. The quantitative estimate of drug-likeness (QED) is 0.113. The number of hydrogen-bond donors (Lipinski definition) is 0. The predicted molar refractivity (Wildman–Crippen MR) is 192 cm³/mol. The van der Waals surface area contributed by atoms with Gasteiger partial charge >= 0.3 is 0 Å². The van der Waals surface area contributed by atoms with E-state index >= 15 is 0 Å². The van der Waals surface area contributed by atoms with Crippen molar-refractivity contribution in [1.82, 2.24) is 14.1 Å². The summed E-state index contributed by atoms with van der Waals surface area (Å²) in [6, 6.07) is 46.6. The van der Waals surface area contributed by atoms with Gasteiger partial charge in [0, 0.05) is 28.0 Å². The van der Waals surface area contributed by atoms with E-state index in [1.165, 1.54) is 0 Å². The number of hydrogen-bond acceptors (Lipinski definition) is 3. The molecule has 2 aromatic heterocycles. The molecule has 0 saturated carbocycles. The topological polar surface area (TPSA) is 56.9 Å². The molecule has 0 radical (unpaired) electrons. The summed E-state index contributed by atoms with van der Waals surface area (Å²) in [4.78, 5) is 33.0. The molecule has 0 bridgehead atoms. The molecule has 0 saturated heterocycles. The van der Waals surface area contributed by atoms with Crippen LogP contribution in [0.3, 0.4) is 0 Å². The minimum Gasteiger partial charge on any atom is -0.319 e. The van der Waals surface area contributed by atoms with Crippen molar-refractivity contribution in [3.63, 3.8) is 0 Å². The molecular formula is C41H32BrN3O2. The van der Waals surface area contributed by atoms with Crippen LogP contribution in [0.25, 0.3) is 21.9 Å². The zero-order valence-electron chi connectivity index (χ0n) is 25.9. The molecule has 47 heavy (non-hydrogen) atoms. The Kier molecular flexibility index (Phi) is 8.27. The predicted octanol–water partition coefficient (Wildman–Crippen LogP) is 9.11. The molecule has 5 aromatic carbocycles. The van der Waals surface area contributed by atoms with Crippen LogP contribution in [0.15, 0.2) is 161 Å². The second-order valence-electron chi connectivity index (χ2n) is 11.5. The summed E-state index contributed by atoms with van der Waals surface area (Å²) < 4.78 is 4.59. The monoisotopic (exact) mass is 677 g/mol. The summed E-state index contributed by atoms with van der Waals surface area (Å²) in [6.45, 7) is 1.97. The smallest absolute Gasteiger partial charge is 0.259 e. The molecule has 5 nitrogen and oxygen atoms in total. The Bertz CT molecular complexity index is 2150. The number of ketones is 1. The van der Waals surface area contributed by atoms with Crippen LogP contribution in [0.1, 0.15) is 46.2 Å². The zero-order chi connectivity index (χ0) is 32.4. The number of carbonyl (C=O) groups excluding carboxylic acids is 1. The van der Waals surface area contributed by atoms with Gasteiger partial charge in [0.25, 0.3) is 5.56 Å². The van der Waals surface area contributed by atoms with E-state index < -0.39 is 5.54 Å². The first kappa shape index (κ1) is 30.3. The maximum atomic E-state index is 14.3. The molecule has 0 amide bonds. The fraction of sp³-hybridized carbons (Fsp3) is 0.0976. The number of carbonyl (C=O) groups is 1. The van der Waals surface area contributed by atoms with Gasteiger partial charge in [-0.25, -0.2) is 4.98 Å². The molecule has 7 rings (SSSR count). The number of fused-ring (bicyclic) bond motifs is 1. The number of Topliss-reactive ketones (excluding diaryl/α,β-unsaturated/α-hetero) is 1. The van der Waals surface area contributed by atoms with Gasteiger partial charge in [-0.2, -0.15) is 0 Å². The SMILES string of the molecule is CCC(=O)c1c(-c2ccccc2)c2cc(Br)ccc2c(=O)n1Cc1cn(C(c2ccccc2)(c2ccccc2)c2ccccc2)cn1. The molecule has 0 unspecified atom stereocenters. The van der Waals surface area contributed by atoms with E-state index in [-0.39, 0.29) is 24.3 Å². The third-order valence-electron chi connectivity index (χ3n) is 8.80. The number of halogens is 1. The van der Waals surface area contributed by atoms with Crippen molar-refractivity contribution in [3.8, 4) is 11.1 Å². The summed E-state index contributed by atoms with van der Waals surface area (Å²) >= 11 is 3.59. The third kappa shape index (κ3) is 5.34. The van der Waals surface area contributed by atoms with E-state index in [2.05, 4.69) is 93.3 Å². The Labute approximate surface area is 281 Å². The van der Waals surface area contributed by atoms with Crippen molar-refractivity contribution in [2.75, 3.05) is 0 Å². The molecule has 230 valence electrons. The first-order valence-corrected chi connectivity index (χ1v) is 16.5. The van der Waals surface area contributed by atoms with Crippen molar-refractivity contribution in [3.05, 3.63) is 195 Å². The van der Waals surface area contributed by atoms with E-state index in [4.69, 9.17) is 4.98 Å². The first-order valence-electron chi connectivity index (χ1n) is 15.7. The zero-order valence-corrected chi connectivity index (χ0v) is 27.5. The van der Waals surface area contributed by atoms with Gasteiger partial charge in [-0.15, -0.1) is 0 Å². The number of aromatic nitrogens is 3. The molecule has 2 heterocycles. The van der Waals surface area contributed by atoms with Crippen LogP contribution < -0.4 is 5.56 Å². The minimum atomic E-state index is -0.743. The number of benzene rings is 5. The first-order chi connectivity index (χ1) is 23.0. The van der Waals surface area contributed by atoms with E-state index in [0.29, 0.717) is 16.8 Å². The highest BCUT2D eigenvalue weighted by Gasteiger charge is 2.38. The Morgan fingerprint density at radius 2 is 1.26 bits per heavy atom. The van der Waals surface area contributed by atoms with Crippen LogP contribution in [-0.4, -0.2) is 19.9 Å². The van der Waals surface area contributed by atoms with Crippen LogP contribution in [0.4, 0.5) is 0 Å². The number of pyridine rings is 1. The maximum absolute atomic E-state index is 14.3. The summed E-state index contributed by atoms with van der Waals surface area (Å²) in [5.74, 6) is -0.102. The van der Waals surface area contributed by atoms with Crippen molar-refractivity contribution < 1.29 is 4.79 Å².